The molecule has 0 saturated carbocycles. The zero-order chi connectivity index (χ0) is 55.7. The third-order valence-electron chi connectivity index (χ3n) is 12.3. The number of hydrogen-bond acceptors (Lipinski definition) is 12. The van der Waals surface area contributed by atoms with Crippen LogP contribution in [0.1, 0.15) is 92.6 Å². The van der Waals surface area contributed by atoms with E-state index in [9.17, 15) is 53.4 Å². The largest absolute Gasteiger partial charge is 0.480 e. The average molecular weight is 1030 g/mol. The van der Waals surface area contributed by atoms with Crippen LogP contribution in [-0.4, -0.2) is 143 Å². The van der Waals surface area contributed by atoms with Crippen LogP contribution in [0.15, 0.2) is 71.4 Å². The molecule has 1 aromatic rings. The van der Waals surface area contributed by atoms with Gasteiger partial charge in [0.25, 0.3) is 5.91 Å². The van der Waals surface area contributed by atoms with Gasteiger partial charge in [0.05, 0.1) is 30.0 Å². The molecule has 406 valence electrons. The summed E-state index contributed by atoms with van der Waals surface area (Å²) in [6, 6.07) is 1.36. The van der Waals surface area contributed by atoms with Crippen LogP contribution in [-0.2, 0) is 54.3 Å². The average Bonchev–Trinajstić information content (AvgIpc) is 3.34. The molecule has 11 unspecified atom stereocenters. The van der Waals surface area contributed by atoms with Crippen LogP contribution in [0.4, 0.5) is 0 Å². The Kier molecular flexibility index (Phi) is 28.0. The number of benzene rings is 1. The second-order valence-corrected chi connectivity index (χ2v) is 18.3. The number of guanidine groups is 1. The fourth-order valence-electron chi connectivity index (χ4n) is 7.17. The molecule has 0 aliphatic heterocycles. The number of hydrogen-bond donors (Lipinski definition) is 11. The first kappa shape index (κ1) is 63.9. The van der Waals surface area contributed by atoms with Gasteiger partial charge in [-0.15, -0.1) is 0 Å². The Hall–Kier alpha value is -7.14. The fourth-order valence-corrected chi connectivity index (χ4v) is 7.17. The summed E-state index contributed by atoms with van der Waals surface area (Å²) in [6.07, 6.45) is 5.49. The van der Waals surface area contributed by atoms with Crippen LogP contribution in [0.2, 0.25) is 0 Å². The SMILES string of the molecule is C=C(C(=O)NC(C)C(=O)O)N(C)C(=O)CCC(NC(=O)C(C)C(C=CC(C)=CC(C)C(Cc1ccccc1)OC)NC(=O)C(CCCN=C(N)N)NC(=O)C(C)C(NC(=O)C(N)CC(C)CC)C(=O)O)C(=O)O. The van der Waals surface area contributed by atoms with Crippen LogP contribution < -0.4 is 43.8 Å². The van der Waals surface area contributed by atoms with Crippen LogP contribution in [0, 0.1) is 23.7 Å². The van der Waals surface area contributed by atoms with Gasteiger partial charge in [-0.2, -0.15) is 0 Å². The number of rotatable bonds is 33. The van der Waals surface area contributed by atoms with Gasteiger partial charge >= 0.3 is 17.9 Å². The van der Waals surface area contributed by atoms with E-state index in [1.165, 1.54) is 33.9 Å². The molecule has 0 aromatic heterocycles. The lowest BCUT2D eigenvalue weighted by Gasteiger charge is -2.28. The third-order valence-corrected chi connectivity index (χ3v) is 12.3. The molecule has 11 atom stereocenters. The van der Waals surface area contributed by atoms with E-state index in [1.807, 2.05) is 57.2 Å². The predicted molar refractivity (Wildman–Crippen MR) is 273 cm³/mol. The van der Waals surface area contributed by atoms with Crippen molar-refractivity contribution in [3.05, 3.63) is 72.0 Å². The number of aliphatic carboxylic acids is 3. The number of carbonyl (C=O) groups excluding carboxylic acids is 6. The van der Waals surface area contributed by atoms with Crippen LogP contribution in [0.3, 0.4) is 0 Å². The predicted octanol–water partition coefficient (Wildman–Crippen LogP) is 0.922. The molecule has 1 rings (SSSR count). The first-order valence-electron chi connectivity index (χ1n) is 24.1. The summed E-state index contributed by atoms with van der Waals surface area (Å²) in [4.78, 5) is 121. The minimum atomic E-state index is -1.74. The van der Waals surface area contributed by atoms with Gasteiger partial charge in [-0.25, -0.2) is 9.59 Å². The summed E-state index contributed by atoms with van der Waals surface area (Å²) in [5.41, 5.74) is 18.4. The number of carbonyl (C=O) groups is 9. The molecule has 6 amide bonds. The number of carboxylic acids is 3. The lowest BCUT2D eigenvalue weighted by atomic mass is 9.94. The van der Waals surface area contributed by atoms with Crippen molar-refractivity contribution < 1.29 is 63.2 Å². The molecule has 23 heteroatoms. The second-order valence-electron chi connectivity index (χ2n) is 18.3. The number of carboxylic acid groups (broad SMARTS) is 3. The van der Waals surface area contributed by atoms with E-state index in [1.54, 1.807) is 20.1 Å². The minimum absolute atomic E-state index is 0.0244. The molecular weight excluding hydrogens is 949 g/mol. The van der Waals surface area contributed by atoms with Crippen LogP contribution in [0.25, 0.3) is 0 Å². The monoisotopic (exact) mass is 1030 g/mol. The Labute approximate surface area is 427 Å². The highest BCUT2D eigenvalue weighted by Gasteiger charge is 2.36. The summed E-state index contributed by atoms with van der Waals surface area (Å²) in [5, 5.41) is 41.6. The Bertz CT molecular complexity index is 2160. The zero-order valence-electron chi connectivity index (χ0n) is 43.4. The molecule has 0 heterocycles. The molecule has 0 radical (unpaired) electrons. The number of aliphatic imine (C=N–C) groups is 1. The molecule has 0 aliphatic rings. The lowest BCUT2D eigenvalue weighted by Crippen LogP contribution is -2.57. The maximum absolute atomic E-state index is 14.3. The maximum atomic E-state index is 14.3. The highest BCUT2D eigenvalue weighted by Crippen LogP contribution is 2.19. The molecule has 23 nitrogen and oxygen atoms in total. The molecule has 73 heavy (non-hydrogen) atoms. The van der Waals surface area contributed by atoms with E-state index >= 15 is 0 Å². The second kappa shape index (κ2) is 32.0. The fraction of sp³-hybridized carbons (Fsp3) is 0.560. The number of allylic oxidation sites excluding steroid dienone is 2. The van der Waals surface area contributed by atoms with Crippen molar-refractivity contribution in [1.82, 2.24) is 31.5 Å². The Morgan fingerprint density at radius 2 is 1.40 bits per heavy atom. The first-order valence-corrected chi connectivity index (χ1v) is 24.1. The lowest BCUT2D eigenvalue weighted by molar-refractivity contribution is -0.146. The van der Waals surface area contributed by atoms with Gasteiger partial charge in [0.15, 0.2) is 5.96 Å². The smallest absolute Gasteiger partial charge is 0.327 e. The van der Waals surface area contributed by atoms with Crippen molar-refractivity contribution in [2.45, 2.75) is 136 Å². The van der Waals surface area contributed by atoms with Crippen molar-refractivity contribution >= 4 is 59.3 Å². The van der Waals surface area contributed by atoms with E-state index in [-0.39, 0.29) is 49.7 Å². The van der Waals surface area contributed by atoms with Crippen molar-refractivity contribution in [2.75, 3.05) is 20.7 Å². The summed E-state index contributed by atoms with van der Waals surface area (Å²) < 4.78 is 5.81. The van der Waals surface area contributed by atoms with Crippen molar-refractivity contribution in [2.24, 2.45) is 45.9 Å². The molecule has 0 saturated heterocycles. The van der Waals surface area contributed by atoms with E-state index in [2.05, 4.69) is 38.2 Å². The van der Waals surface area contributed by atoms with Gasteiger partial charge in [-0.1, -0.05) is 102 Å². The standard InChI is InChI=1S/C50H78N10O13/c1-11-27(2)25-35(51)45(65)59-41(49(71)72)31(6)43(63)57-37(18-15-23-54-50(52)53)46(66)56-36(20-19-28(3)24-29(4)39(73-10)26-34-16-13-12-14-17-34)30(5)42(62)58-38(48(69)70)21-22-40(61)60(9)33(8)44(64)55-32(7)47(67)68/h12-14,16-17,19-20,24,27,29-32,35-39,41H,8,11,15,18,21-23,25-26,51H2,1-7,9-10H3,(H,55,64)(H,56,66)(H,57,63)(H,58,62)(H,59,65)(H,67,68)(H,69,70)(H,71,72)(H4,52,53,54). The molecule has 0 fully saturated rings. The summed E-state index contributed by atoms with van der Waals surface area (Å²) >= 11 is 0. The molecule has 0 bridgehead atoms. The molecular formula is C50H78N10O13. The van der Waals surface area contributed by atoms with Crippen LogP contribution >= 0.6 is 0 Å². The van der Waals surface area contributed by atoms with E-state index in [0.29, 0.717) is 12.0 Å². The summed E-state index contributed by atoms with van der Waals surface area (Å²) in [7, 11) is 2.79. The quantitative estimate of drug-likeness (QED) is 0.0153. The van der Waals surface area contributed by atoms with Gasteiger partial charge in [0.2, 0.25) is 29.5 Å². The molecule has 1 aromatic carbocycles. The van der Waals surface area contributed by atoms with E-state index < -0.39 is 120 Å². The molecule has 0 aliphatic carbocycles. The van der Waals surface area contributed by atoms with Crippen LogP contribution in [0.5, 0.6) is 0 Å². The topological polar surface area (TPSA) is 377 Å². The first-order chi connectivity index (χ1) is 34.1. The van der Waals surface area contributed by atoms with Gasteiger partial charge in [0, 0.05) is 33.0 Å². The molecule has 14 N–H and O–H groups in total. The number of likely N-dealkylation sites (N-methyl/N-ethyl adjacent to an activating group) is 1. The highest BCUT2D eigenvalue weighted by atomic mass is 16.5. The van der Waals surface area contributed by atoms with Crippen molar-refractivity contribution in [3.63, 3.8) is 0 Å². The Morgan fingerprint density at radius 1 is 0.795 bits per heavy atom. The minimum Gasteiger partial charge on any atom is -0.480 e. The molecule has 0 spiro atoms. The number of ether oxygens (including phenoxy) is 1. The number of methoxy groups -OCH3 is 1. The number of amides is 6. The Morgan fingerprint density at radius 3 is 1.95 bits per heavy atom. The number of nitrogens with one attached hydrogen (secondary N) is 5. The highest BCUT2D eigenvalue weighted by molar-refractivity contribution is 5.99. The van der Waals surface area contributed by atoms with E-state index in [4.69, 9.17) is 27.0 Å². The van der Waals surface area contributed by atoms with E-state index in [0.717, 1.165) is 16.9 Å². The zero-order valence-corrected chi connectivity index (χ0v) is 43.4. The normalized spacial score (nSPS) is 16.0. The van der Waals surface area contributed by atoms with Crippen molar-refractivity contribution in [3.8, 4) is 0 Å². The van der Waals surface area contributed by atoms with Gasteiger partial charge in [-0.3, -0.25) is 38.6 Å². The third kappa shape index (κ3) is 22.9. The van der Waals surface area contributed by atoms with Gasteiger partial charge in [0.1, 0.15) is 29.9 Å². The summed E-state index contributed by atoms with van der Waals surface area (Å²) in [6.45, 7) is 15.0. The van der Waals surface area contributed by atoms with Gasteiger partial charge in [-0.05, 0) is 57.4 Å². The number of nitrogens with zero attached hydrogens (tertiary/aromatic N) is 2. The van der Waals surface area contributed by atoms with Crippen molar-refractivity contribution in [1.29, 1.82) is 0 Å². The summed E-state index contributed by atoms with van der Waals surface area (Å²) in [5.74, 6) is -12.5. The number of nitrogens with two attached hydrogens (primary N) is 3. The van der Waals surface area contributed by atoms with Gasteiger partial charge < -0.3 is 68.7 Å². The Balaban J connectivity index is 3.62. The maximum Gasteiger partial charge on any atom is 0.327 e.